The molecule has 0 bridgehead atoms. The summed E-state index contributed by atoms with van der Waals surface area (Å²) in [6, 6.07) is 5.08. The molecule has 0 aliphatic carbocycles. The lowest BCUT2D eigenvalue weighted by Gasteiger charge is -2.10. The Balaban J connectivity index is 2.53. The van der Waals surface area contributed by atoms with E-state index in [4.69, 9.17) is 33.7 Å². The molecule has 0 radical (unpaired) electrons. The van der Waals surface area contributed by atoms with Gasteiger partial charge in [0.2, 0.25) is 0 Å². The van der Waals surface area contributed by atoms with Crippen LogP contribution in [0.15, 0.2) is 23.6 Å². The van der Waals surface area contributed by atoms with Gasteiger partial charge >= 0.3 is 5.97 Å². The predicted molar refractivity (Wildman–Crippen MR) is 84.7 cm³/mol. The van der Waals surface area contributed by atoms with Gasteiger partial charge in [0.05, 0.1) is 6.10 Å². The molecule has 0 spiro atoms. The number of nitrogen functional groups attached to an aromatic ring is 1. The summed E-state index contributed by atoms with van der Waals surface area (Å²) in [5, 5.41) is 3.23. The minimum atomic E-state index is -0.454. The van der Waals surface area contributed by atoms with Gasteiger partial charge in [0.25, 0.3) is 0 Å². The second-order valence-electron chi connectivity index (χ2n) is 4.47. The molecule has 20 heavy (non-hydrogen) atoms. The molecule has 0 unspecified atom stereocenters. The van der Waals surface area contributed by atoms with Crippen LogP contribution in [-0.2, 0) is 4.74 Å². The summed E-state index contributed by atoms with van der Waals surface area (Å²) in [6.07, 6.45) is -0.218. The Labute approximate surface area is 131 Å². The van der Waals surface area contributed by atoms with Gasteiger partial charge in [-0.2, -0.15) is 0 Å². The highest BCUT2D eigenvalue weighted by molar-refractivity contribution is 7.15. The molecule has 1 aromatic heterocycles. The summed E-state index contributed by atoms with van der Waals surface area (Å²) in [5.41, 5.74) is 7.54. The number of anilines is 1. The summed E-state index contributed by atoms with van der Waals surface area (Å²) >= 11 is 13.4. The lowest BCUT2D eigenvalue weighted by molar-refractivity contribution is 0.0380. The Morgan fingerprint density at radius 3 is 2.65 bits per heavy atom. The van der Waals surface area contributed by atoms with E-state index in [2.05, 4.69) is 0 Å². The molecule has 3 nitrogen and oxygen atoms in total. The van der Waals surface area contributed by atoms with E-state index in [0.29, 0.717) is 31.7 Å². The van der Waals surface area contributed by atoms with Crippen molar-refractivity contribution in [1.29, 1.82) is 0 Å². The van der Waals surface area contributed by atoms with Crippen LogP contribution in [-0.4, -0.2) is 12.1 Å². The van der Waals surface area contributed by atoms with Crippen molar-refractivity contribution in [3.05, 3.63) is 39.2 Å². The number of halogens is 2. The second kappa shape index (κ2) is 6.04. The third-order valence-electron chi connectivity index (χ3n) is 2.58. The van der Waals surface area contributed by atoms with Crippen LogP contribution in [0, 0.1) is 0 Å². The van der Waals surface area contributed by atoms with Crippen LogP contribution in [0.1, 0.15) is 24.2 Å². The molecule has 6 heteroatoms. The van der Waals surface area contributed by atoms with Gasteiger partial charge in [-0.25, -0.2) is 4.79 Å². The van der Waals surface area contributed by atoms with Gasteiger partial charge in [-0.15, -0.1) is 11.3 Å². The molecule has 106 valence electrons. The summed E-state index contributed by atoms with van der Waals surface area (Å²) in [7, 11) is 0. The van der Waals surface area contributed by atoms with E-state index < -0.39 is 5.97 Å². The van der Waals surface area contributed by atoms with E-state index >= 15 is 0 Å². The number of ether oxygens (including phenoxy) is 1. The Hall–Kier alpha value is -1.23. The second-order valence-corrected chi connectivity index (χ2v) is 6.22. The number of thiophene rings is 1. The molecule has 0 atom stereocenters. The zero-order valence-electron chi connectivity index (χ0n) is 10.9. The van der Waals surface area contributed by atoms with E-state index in [1.807, 2.05) is 0 Å². The predicted octanol–water partition coefficient (Wildman–Crippen LogP) is 4.87. The van der Waals surface area contributed by atoms with Gasteiger partial charge < -0.3 is 10.5 Å². The fourth-order valence-corrected chi connectivity index (χ4v) is 2.95. The quantitative estimate of drug-likeness (QED) is 0.817. The van der Waals surface area contributed by atoms with Crippen molar-refractivity contribution in [3.63, 3.8) is 0 Å². The molecule has 0 amide bonds. The summed E-state index contributed by atoms with van der Waals surface area (Å²) < 4.78 is 5.22. The van der Waals surface area contributed by atoms with Gasteiger partial charge in [0, 0.05) is 26.6 Å². The molecule has 0 fully saturated rings. The first-order valence-electron chi connectivity index (χ1n) is 5.93. The first-order chi connectivity index (χ1) is 9.40. The molecule has 0 aliphatic heterocycles. The van der Waals surface area contributed by atoms with Gasteiger partial charge in [-0.05, 0) is 32.0 Å². The number of carbonyl (C=O) groups is 1. The van der Waals surface area contributed by atoms with Crippen LogP contribution in [0.4, 0.5) is 5.00 Å². The largest absolute Gasteiger partial charge is 0.459 e. The van der Waals surface area contributed by atoms with Crippen LogP contribution in [0.2, 0.25) is 10.0 Å². The summed E-state index contributed by atoms with van der Waals surface area (Å²) in [6.45, 7) is 3.57. The van der Waals surface area contributed by atoms with Crippen LogP contribution >= 0.6 is 34.5 Å². The number of hydrogen-bond acceptors (Lipinski definition) is 4. The maximum absolute atomic E-state index is 12.2. The van der Waals surface area contributed by atoms with Crippen LogP contribution in [0.5, 0.6) is 0 Å². The van der Waals surface area contributed by atoms with Gasteiger partial charge in [-0.3, -0.25) is 0 Å². The first-order valence-corrected chi connectivity index (χ1v) is 7.57. The van der Waals surface area contributed by atoms with Crippen molar-refractivity contribution in [2.45, 2.75) is 20.0 Å². The molecule has 0 saturated heterocycles. The van der Waals surface area contributed by atoms with Crippen molar-refractivity contribution in [2.75, 3.05) is 5.73 Å². The lowest BCUT2D eigenvalue weighted by Crippen LogP contribution is -2.13. The highest BCUT2D eigenvalue weighted by atomic mass is 35.5. The van der Waals surface area contributed by atoms with Crippen LogP contribution in [0.25, 0.3) is 11.1 Å². The third kappa shape index (κ3) is 3.08. The fraction of sp³-hybridized carbons (Fsp3) is 0.214. The molecule has 2 aromatic rings. The average molecular weight is 330 g/mol. The van der Waals surface area contributed by atoms with Gasteiger partial charge in [0.1, 0.15) is 10.6 Å². The number of esters is 1. The molecule has 1 heterocycles. The van der Waals surface area contributed by atoms with E-state index in [0.717, 1.165) is 0 Å². The number of carbonyl (C=O) groups excluding carboxylic acids is 1. The molecule has 2 N–H and O–H groups in total. The summed E-state index contributed by atoms with van der Waals surface area (Å²) in [4.78, 5) is 12.2. The van der Waals surface area contributed by atoms with Gasteiger partial charge in [0.15, 0.2) is 0 Å². The van der Waals surface area contributed by atoms with Crippen molar-refractivity contribution >= 4 is 45.5 Å². The van der Waals surface area contributed by atoms with Crippen molar-refractivity contribution in [3.8, 4) is 11.1 Å². The molecule has 0 saturated carbocycles. The topological polar surface area (TPSA) is 52.3 Å². The van der Waals surface area contributed by atoms with Crippen LogP contribution in [0.3, 0.4) is 0 Å². The average Bonchev–Trinajstić information content (AvgIpc) is 2.73. The van der Waals surface area contributed by atoms with Gasteiger partial charge in [-0.1, -0.05) is 23.2 Å². The lowest BCUT2D eigenvalue weighted by atomic mass is 10.0. The number of nitrogens with two attached hydrogens (primary N) is 1. The molecule has 0 aliphatic rings. The fourth-order valence-electron chi connectivity index (χ4n) is 1.76. The molecular formula is C14H13Cl2NO2S. The van der Waals surface area contributed by atoms with Crippen molar-refractivity contribution < 1.29 is 9.53 Å². The van der Waals surface area contributed by atoms with Crippen LogP contribution < -0.4 is 5.73 Å². The minimum Gasteiger partial charge on any atom is -0.459 e. The van der Waals surface area contributed by atoms with Crippen molar-refractivity contribution in [1.82, 2.24) is 0 Å². The van der Waals surface area contributed by atoms with Crippen molar-refractivity contribution in [2.24, 2.45) is 0 Å². The highest BCUT2D eigenvalue weighted by Crippen LogP contribution is 2.38. The van der Waals surface area contributed by atoms with E-state index in [1.165, 1.54) is 11.3 Å². The Morgan fingerprint density at radius 2 is 2.00 bits per heavy atom. The standard InChI is InChI=1S/C14H13Cl2NO2S/c1-7(2)19-14(18)12-10(6-20-13(12)17)9-5-8(15)3-4-11(9)16/h3-7H,17H2,1-2H3. The van der Waals surface area contributed by atoms with E-state index in [1.54, 1.807) is 37.4 Å². The van der Waals surface area contributed by atoms with E-state index in [9.17, 15) is 4.79 Å². The SMILES string of the molecule is CC(C)OC(=O)c1c(-c2cc(Cl)ccc2Cl)csc1N. The smallest absolute Gasteiger partial charge is 0.342 e. The Morgan fingerprint density at radius 1 is 1.30 bits per heavy atom. The number of rotatable bonds is 3. The molecule has 1 aromatic carbocycles. The highest BCUT2D eigenvalue weighted by Gasteiger charge is 2.22. The normalized spacial score (nSPS) is 10.8. The first kappa shape index (κ1) is 15.2. The summed E-state index contributed by atoms with van der Waals surface area (Å²) in [5.74, 6) is -0.454. The third-order valence-corrected chi connectivity index (χ3v) is 3.96. The minimum absolute atomic E-state index is 0.218. The Bertz CT molecular complexity index is 653. The zero-order chi connectivity index (χ0) is 14.9. The zero-order valence-corrected chi connectivity index (χ0v) is 13.3. The number of hydrogen-bond donors (Lipinski definition) is 1. The monoisotopic (exact) mass is 329 g/mol. The maximum atomic E-state index is 12.2. The molecule has 2 rings (SSSR count). The molecular weight excluding hydrogens is 317 g/mol. The van der Waals surface area contributed by atoms with E-state index in [-0.39, 0.29) is 6.10 Å². The number of benzene rings is 1. The maximum Gasteiger partial charge on any atom is 0.342 e. The Kier molecular flexibility index (Phi) is 4.58.